The van der Waals surface area contributed by atoms with E-state index in [1.54, 1.807) is 66.7 Å². The quantitative estimate of drug-likeness (QED) is 0.454. The topological polar surface area (TPSA) is 84.0 Å². The number of carbonyl (C=O) groups excluding carboxylic acids is 2. The number of rotatable bonds is 9. The number of nitrogens with zero attached hydrogens (tertiary/aromatic N) is 3. The summed E-state index contributed by atoms with van der Waals surface area (Å²) in [4.78, 5) is 34.1. The summed E-state index contributed by atoms with van der Waals surface area (Å²) in [5.74, 6) is 0.748. The molecule has 9 heteroatoms. The Balaban J connectivity index is 1.56. The fraction of sp³-hybridized carbons (Fsp3) is 0.231. The first-order valence-corrected chi connectivity index (χ1v) is 11.6. The van der Waals surface area contributed by atoms with E-state index in [0.29, 0.717) is 35.4 Å². The van der Waals surface area contributed by atoms with E-state index in [9.17, 15) is 9.59 Å². The van der Waals surface area contributed by atoms with Gasteiger partial charge in [0.15, 0.2) is 5.11 Å². The second-order valence-corrected chi connectivity index (χ2v) is 8.20. The number of aromatic nitrogens is 1. The molecule has 3 aromatic rings. The van der Waals surface area contributed by atoms with Crippen molar-refractivity contribution >= 4 is 40.5 Å². The molecule has 1 N–H and O–H groups in total. The summed E-state index contributed by atoms with van der Waals surface area (Å²) in [5.41, 5.74) is 1.94. The van der Waals surface area contributed by atoms with E-state index < -0.39 is 6.04 Å². The molecular weight excluding hydrogens is 464 g/mol. The molecule has 2 heterocycles. The van der Waals surface area contributed by atoms with Crippen LogP contribution in [0.2, 0.25) is 0 Å². The molecule has 1 aliphatic rings. The molecule has 1 fully saturated rings. The molecule has 0 bridgehead atoms. The molecule has 35 heavy (non-hydrogen) atoms. The molecule has 0 spiro atoms. The number of anilines is 2. The van der Waals surface area contributed by atoms with Gasteiger partial charge >= 0.3 is 0 Å². The van der Waals surface area contributed by atoms with Crippen LogP contribution in [-0.2, 0) is 16.1 Å². The number of thiocarbonyl (C=S) groups is 1. The number of amides is 2. The van der Waals surface area contributed by atoms with Crippen molar-refractivity contribution in [2.45, 2.75) is 25.9 Å². The van der Waals surface area contributed by atoms with Gasteiger partial charge < -0.3 is 19.7 Å². The van der Waals surface area contributed by atoms with E-state index in [-0.39, 0.29) is 18.2 Å². The summed E-state index contributed by atoms with van der Waals surface area (Å²) in [6.45, 7) is 2.77. The fourth-order valence-electron chi connectivity index (χ4n) is 3.86. The molecule has 1 aliphatic heterocycles. The van der Waals surface area contributed by atoms with Crippen LogP contribution in [-0.4, -0.2) is 46.6 Å². The molecule has 1 aromatic heterocycles. The Bertz CT molecular complexity index is 1200. The molecular formula is C26H26N4O4S. The van der Waals surface area contributed by atoms with Crippen molar-refractivity contribution < 1.29 is 19.1 Å². The van der Waals surface area contributed by atoms with Gasteiger partial charge in [0, 0.05) is 18.0 Å². The third-order valence-electron chi connectivity index (χ3n) is 5.52. The molecule has 1 atom stereocenters. The molecule has 0 radical (unpaired) electrons. The maximum Gasteiger partial charge on any atom is 0.256 e. The molecule has 0 aliphatic carbocycles. The van der Waals surface area contributed by atoms with Gasteiger partial charge in [-0.2, -0.15) is 0 Å². The van der Waals surface area contributed by atoms with Crippen molar-refractivity contribution in [2.75, 3.05) is 23.9 Å². The molecule has 2 amide bonds. The molecule has 0 saturated carbocycles. The van der Waals surface area contributed by atoms with Crippen molar-refractivity contribution in [3.8, 4) is 11.5 Å². The zero-order valence-electron chi connectivity index (χ0n) is 19.5. The number of carbonyl (C=O) groups is 2. The third kappa shape index (κ3) is 5.58. The van der Waals surface area contributed by atoms with Crippen LogP contribution in [0.25, 0.3) is 0 Å². The van der Waals surface area contributed by atoms with Crippen LogP contribution >= 0.6 is 12.2 Å². The maximum atomic E-state index is 13.6. The zero-order valence-corrected chi connectivity index (χ0v) is 20.3. The number of benzene rings is 2. The average Bonchev–Trinajstić information content (AvgIpc) is 3.10. The van der Waals surface area contributed by atoms with Crippen LogP contribution in [0.1, 0.15) is 19.0 Å². The Morgan fingerprint density at radius 3 is 2.57 bits per heavy atom. The lowest BCUT2D eigenvalue weighted by molar-refractivity contribution is -0.124. The van der Waals surface area contributed by atoms with Crippen LogP contribution in [0.15, 0.2) is 72.9 Å². The summed E-state index contributed by atoms with van der Waals surface area (Å²) < 4.78 is 10.8. The molecule has 4 rings (SSSR count). The third-order valence-corrected chi connectivity index (χ3v) is 5.93. The first-order valence-electron chi connectivity index (χ1n) is 11.2. The lowest BCUT2D eigenvalue weighted by Gasteiger charge is -2.23. The SMILES string of the molecule is CCOc1ccc(NC(=O)C[C@H]2C(=O)N(c3cccc(OC)c3)C(=S)N2Cc2ccccn2)cc1. The zero-order chi connectivity index (χ0) is 24.8. The Labute approximate surface area is 209 Å². The maximum absolute atomic E-state index is 13.6. The Morgan fingerprint density at radius 2 is 1.89 bits per heavy atom. The van der Waals surface area contributed by atoms with E-state index in [1.807, 2.05) is 25.1 Å². The Morgan fingerprint density at radius 1 is 1.09 bits per heavy atom. The van der Waals surface area contributed by atoms with E-state index in [2.05, 4.69) is 10.3 Å². The smallest absolute Gasteiger partial charge is 0.256 e. The van der Waals surface area contributed by atoms with Gasteiger partial charge in [-0.05, 0) is 67.7 Å². The van der Waals surface area contributed by atoms with Gasteiger partial charge in [0.1, 0.15) is 17.5 Å². The fourth-order valence-corrected chi connectivity index (χ4v) is 4.24. The lowest BCUT2D eigenvalue weighted by atomic mass is 10.1. The summed E-state index contributed by atoms with van der Waals surface area (Å²) in [5, 5.41) is 3.17. The minimum absolute atomic E-state index is 0.0700. The standard InChI is InChI=1S/C26H26N4O4S/c1-3-34-21-12-10-18(11-13-21)28-24(31)16-23-25(32)30(20-8-6-9-22(15-20)33-2)26(35)29(23)17-19-7-4-5-14-27-19/h4-15,23H,3,16-17H2,1-2H3,(H,28,31)/t23-/m0/s1. The minimum Gasteiger partial charge on any atom is -0.497 e. The summed E-state index contributed by atoms with van der Waals surface area (Å²) in [7, 11) is 1.56. The van der Waals surface area contributed by atoms with E-state index in [1.165, 1.54) is 4.90 Å². The van der Waals surface area contributed by atoms with E-state index in [4.69, 9.17) is 21.7 Å². The van der Waals surface area contributed by atoms with E-state index >= 15 is 0 Å². The summed E-state index contributed by atoms with van der Waals surface area (Å²) >= 11 is 5.72. The highest BCUT2D eigenvalue weighted by Crippen LogP contribution is 2.30. The van der Waals surface area contributed by atoms with Gasteiger partial charge in [-0.15, -0.1) is 0 Å². The number of nitrogens with one attached hydrogen (secondary N) is 1. The highest BCUT2D eigenvalue weighted by Gasteiger charge is 2.44. The lowest BCUT2D eigenvalue weighted by Crippen LogP contribution is -2.37. The van der Waals surface area contributed by atoms with Gasteiger partial charge in [-0.3, -0.25) is 19.5 Å². The molecule has 1 saturated heterocycles. The number of ether oxygens (including phenoxy) is 2. The molecule has 8 nitrogen and oxygen atoms in total. The Hall–Kier alpha value is -3.98. The summed E-state index contributed by atoms with van der Waals surface area (Å²) in [6, 6.07) is 19.0. The average molecular weight is 491 g/mol. The number of methoxy groups -OCH3 is 1. The van der Waals surface area contributed by atoms with Crippen molar-refractivity contribution in [2.24, 2.45) is 0 Å². The Kier molecular flexibility index (Phi) is 7.57. The monoisotopic (exact) mass is 490 g/mol. The minimum atomic E-state index is -0.779. The van der Waals surface area contributed by atoms with Crippen molar-refractivity contribution in [3.05, 3.63) is 78.6 Å². The highest BCUT2D eigenvalue weighted by molar-refractivity contribution is 7.80. The van der Waals surface area contributed by atoms with Crippen LogP contribution in [0.3, 0.4) is 0 Å². The number of hydrogen-bond donors (Lipinski definition) is 1. The van der Waals surface area contributed by atoms with Crippen molar-refractivity contribution in [3.63, 3.8) is 0 Å². The van der Waals surface area contributed by atoms with Crippen LogP contribution < -0.4 is 19.7 Å². The van der Waals surface area contributed by atoms with Crippen LogP contribution in [0.5, 0.6) is 11.5 Å². The molecule has 2 aromatic carbocycles. The van der Waals surface area contributed by atoms with Crippen molar-refractivity contribution in [1.82, 2.24) is 9.88 Å². The van der Waals surface area contributed by atoms with Crippen molar-refractivity contribution in [1.29, 1.82) is 0 Å². The normalized spacial score (nSPS) is 15.3. The van der Waals surface area contributed by atoms with Gasteiger partial charge in [0.2, 0.25) is 5.91 Å². The van der Waals surface area contributed by atoms with Crippen LogP contribution in [0, 0.1) is 0 Å². The summed E-state index contributed by atoms with van der Waals surface area (Å²) in [6.07, 6.45) is 1.61. The van der Waals surface area contributed by atoms with Gasteiger partial charge in [0.25, 0.3) is 5.91 Å². The number of pyridine rings is 1. The van der Waals surface area contributed by atoms with Crippen LogP contribution in [0.4, 0.5) is 11.4 Å². The molecule has 180 valence electrons. The predicted molar refractivity (Wildman–Crippen MR) is 138 cm³/mol. The van der Waals surface area contributed by atoms with E-state index in [0.717, 1.165) is 11.4 Å². The highest BCUT2D eigenvalue weighted by atomic mass is 32.1. The van der Waals surface area contributed by atoms with Gasteiger partial charge in [-0.1, -0.05) is 12.1 Å². The predicted octanol–water partition coefficient (Wildman–Crippen LogP) is 4.02. The largest absolute Gasteiger partial charge is 0.497 e. The second-order valence-electron chi connectivity index (χ2n) is 7.83. The van der Waals surface area contributed by atoms with Gasteiger partial charge in [-0.25, -0.2) is 0 Å². The number of hydrogen-bond acceptors (Lipinski definition) is 6. The first-order chi connectivity index (χ1) is 17.0. The first kappa shape index (κ1) is 24.2. The van der Waals surface area contributed by atoms with Gasteiger partial charge in [0.05, 0.1) is 38.1 Å². The second kappa shape index (κ2) is 11.0. The molecule has 0 unspecified atom stereocenters.